The average Bonchev–Trinajstić information content (AvgIpc) is 2.33. The molecular weight excluding hydrogens is 204 g/mol. The second kappa shape index (κ2) is 4.91. The molecule has 0 nitrogen and oxygen atoms in total. The number of aryl methyl sites for hydroxylation is 1. The van der Waals surface area contributed by atoms with Gasteiger partial charge in [0.25, 0.3) is 0 Å². The molecule has 90 valence electrons. The van der Waals surface area contributed by atoms with E-state index in [-0.39, 0.29) is 0 Å². The molecule has 0 N–H and O–H groups in total. The van der Waals surface area contributed by atoms with Gasteiger partial charge in [-0.2, -0.15) is 0 Å². The fourth-order valence-corrected chi connectivity index (χ4v) is 2.85. The molecular formula is C17H22. The van der Waals surface area contributed by atoms with Gasteiger partial charge in [-0.1, -0.05) is 57.2 Å². The molecule has 0 aromatic heterocycles. The molecule has 0 bridgehead atoms. The molecule has 0 heterocycles. The highest BCUT2D eigenvalue weighted by molar-refractivity contribution is 5.89. The molecule has 0 spiro atoms. The second-order valence-electron chi connectivity index (χ2n) is 5.28. The van der Waals surface area contributed by atoms with Gasteiger partial charge in [0.2, 0.25) is 0 Å². The first-order valence-electron chi connectivity index (χ1n) is 6.63. The van der Waals surface area contributed by atoms with Crippen LogP contribution in [0.4, 0.5) is 0 Å². The van der Waals surface area contributed by atoms with Gasteiger partial charge in [-0.15, -0.1) is 0 Å². The highest BCUT2D eigenvalue weighted by Crippen LogP contribution is 2.34. The van der Waals surface area contributed by atoms with E-state index in [9.17, 15) is 0 Å². The zero-order valence-corrected chi connectivity index (χ0v) is 11.3. The van der Waals surface area contributed by atoms with Gasteiger partial charge in [0.15, 0.2) is 0 Å². The SMILES string of the molecule is CCC(c1ccc(C)c2ccccc12)C(C)C. The molecule has 1 atom stereocenters. The molecule has 2 rings (SSSR count). The summed E-state index contributed by atoms with van der Waals surface area (Å²) in [6.07, 6.45) is 1.21. The van der Waals surface area contributed by atoms with Crippen LogP contribution < -0.4 is 0 Å². The Balaban J connectivity index is 2.66. The maximum absolute atomic E-state index is 2.33. The highest BCUT2D eigenvalue weighted by atomic mass is 14.2. The van der Waals surface area contributed by atoms with Gasteiger partial charge >= 0.3 is 0 Å². The summed E-state index contributed by atoms with van der Waals surface area (Å²) in [5.41, 5.74) is 2.90. The largest absolute Gasteiger partial charge is 0.0648 e. The lowest BCUT2D eigenvalue weighted by Crippen LogP contribution is -2.06. The minimum Gasteiger partial charge on any atom is -0.0648 e. The van der Waals surface area contributed by atoms with E-state index >= 15 is 0 Å². The van der Waals surface area contributed by atoms with E-state index < -0.39 is 0 Å². The monoisotopic (exact) mass is 226 g/mol. The minimum absolute atomic E-state index is 0.667. The Morgan fingerprint density at radius 3 is 2.18 bits per heavy atom. The molecule has 0 aliphatic heterocycles. The molecule has 0 aliphatic carbocycles. The summed E-state index contributed by atoms with van der Waals surface area (Å²) in [7, 11) is 0. The molecule has 2 aromatic rings. The van der Waals surface area contributed by atoms with Gasteiger partial charge in [-0.25, -0.2) is 0 Å². The van der Waals surface area contributed by atoms with E-state index in [0.717, 1.165) is 0 Å². The van der Waals surface area contributed by atoms with Gasteiger partial charge in [0.05, 0.1) is 0 Å². The van der Waals surface area contributed by atoms with Crippen LogP contribution in [0.3, 0.4) is 0 Å². The number of fused-ring (bicyclic) bond motifs is 1. The zero-order chi connectivity index (χ0) is 12.4. The summed E-state index contributed by atoms with van der Waals surface area (Å²) in [6, 6.07) is 13.4. The summed E-state index contributed by atoms with van der Waals surface area (Å²) in [4.78, 5) is 0. The Morgan fingerprint density at radius 1 is 0.941 bits per heavy atom. The first-order valence-corrected chi connectivity index (χ1v) is 6.63. The lowest BCUT2D eigenvalue weighted by Gasteiger charge is -2.22. The third-order valence-corrected chi connectivity index (χ3v) is 3.82. The van der Waals surface area contributed by atoms with Crippen molar-refractivity contribution in [2.75, 3.05) is 0 Å². The predicted molar refractivity (Wildman–Crippen MR) is 76.6 cm³/mol. The molecule has 17 heavy (non-hydrogen) atoms. The van der Waals surface area contributed by atoms with Crippen LogP contribution in [0, 0.1) is 12.8 Å². The highest BCUT2D eigenvalue weighted by Gasteiger charge is 2.16. The van der Waals surface area contributed by atoms with Crippen LogP contribution in [-0.4, -0.2) is 0 Å². The molecule has 0 saturated heterocycles. The van der Waals surface area contributed by atoms with Crippen LogP contribution >= 0.6 is 0 Å². The van der Waals surface area contributed by atoms with Crippen molar-refractivity contribution < 1.29 is 0 Å². The van der Waals surface area contributed by atoms with Crippen molar-refractivity contribution in [3.63, 3.8) is 0 Å². The van der Waals surface area contributed by atoms with Crippen molar-refractivity contribution in [1.82, 2.24) is 0 Å². The molecule has 1 unspecified atom stereocenters. The van der Waals surface area contributed by atoms with E-state index in [1.54, 1.807) is 0 Å². The number of benzene rings is 2. The third kappa shape index (κ3) is 2.22. The van der Waals surface area contributed by atoms with E-state index in [1.165, 1.54) is 28.3 Å². The second-order valence-corrected chi connectivity index (χ2v) is 5.28. The number of hydrogen-bond acceptors (Lipinski definition) is 0. The van der Waals surface area contributed by atoms with Crippen molar-refractivity contribution in [2.45, 2.75) is 40.0 Å². The van der Waals surface area contributed by atoms with Gasteiger partial charge in [-0.3, -0.25) is 0 Å². The molecule has 0 amide bonds. The lowest BCUT2D eigenvalue weighted by molar-refractivity contribution is 0.488. The van der Waals surface area contributed by atoms with Crippen LogP contribution in [0.1, 0.15) is 44.2 Å². The van der Waals surface area contributed by atoms with Gasteiger partial charge in [0.1, 0.15) is 0 Å². The van der Waals surface area contributed by atoms with E-state index in [0.29, 0.717) is 11.8 Å². The van der Waals surface area contributed by atoms with Gasteiger partial charge in [0, 0.05) is 0 Å². The van der Waals surface area contributed by atoms with Crippen LogP contribution in [0.15, 0.2) is 36.4 Å². The smallest absolute Gasteiger partial charge is 0.0135 e. The first kappa shape index (κ1) is 12.2. The first-order chi connectivity index (χ1) is 8.15. The Hall–Kier alpha value is -1.30. The van der Waals surface area contributed by atoms with Crippen molar-refractivity contribution in [1.29, 1.82) is 0 Å². The van der Waals surface area contributed by atoms with E-state index in [4.69, 9.17) is 0 Å². The Morgan fingerprint density at radius 2 is 1.59 bits per heavy atom. The molecule has 0 aliphatic rings. The van der Waals surface area contributed by atoms with Crippen LogP contribution in [-0.2, 0) is 0 Å². The topological polar surface area (TPSA) is 0 Å². The maximum Gasteiger partial charge on any atom is -0.0135 e. The zero-order valence-electron chi connectivity index (χ0n) is 11.3. The van der Waals surface area contributed by atoms with E-state index in [2.05, 4.69) is 64.1 Å². The van der Waals surface area contributed by atoms with Crippen molar-refractivity contribution in [2.24, 2.45) is 5.92 Å². The van der Waals surface area contributed by atoms with Gasteiger partial charge in [-0.05, 0) is 47.1 Å². The van der Waals surface area contributed by atoms with Crippen LogP contribution in [0.2, 0.25) is 0 Å². The minimum atomic E-state index is 0.667. The predicted octanol–water partition coefficient (Wildman–Crippen LogP) is 5.30. The Bertz CT molecular complexity index is 508. The standard InChI is InChI=1S/C17H22/c1-5-14(12(2)3)17-11-10-13(4)15-8-6-7-9-16(15)17/h6-12,14H,5H2,1-4H3. The molecule has 0 radical (unpaired) electrons. The van der Waals surface area contributed by atoms with E-state index in [1.807, 2.05) is 0 Å². The summed E-state index contributed by atoms with van der Waals surface area (Å²) >= 11 is 0. The van der Waals surface area contributed by atoms with Gasteiger partial charge < -0.3 is 0 Å². The fraction of sp³-hybridized carbons (Fsp3) is 0.412. The molecule has 0 fully saturated rings. The summed E-state index contributed by atoms with van der Waals surface area (Å²) < 4.78 is 0. The van der Waals surface area contributed by atoms with Crippen molar-refractivity contribution in [3.8, 4) is 0 Å². The molecule has 0 saturated carbocycles. The summed E-state index contributed by atoms with van der Waals surface area (Å²) in [5, 5.41) is 2.84. The van der Waals surface area contributed by atoms with Crippen molar-refractivity contribution in [3.05, 3.63) is 47.5 Å². The van der Waals surface area contributed by atoms with Crippen LogP contribution in [0.25, 0.3) is 10.8 Å². The number of rotatable bonds is 3. The molecule has 2 aromatic carbocycles. The lowest BCUT2D eigenvalue weighted by atomic mass is 9.83. The number of hydrogen-bond donors (Lipinski definition) is 0. The maximum atomic E-state index is 2.33. The fourth-order valence-electron chi connectivity index (χ4n) is 2.85. The normalized spacial score (nSPS) is 13.2. The summed E-state index contributed by atoms with van der Waals surface area (Å²) in [6.45, 7) is 9.13. The quantitative estimate of drug-likeness (QED) is 0.666. The third-order valence-electron chi connectivity index (χ3n) is 3.82. The average molecular weight is 226 g/mol. The Labute approximate surface area is 105 Å². The summed E-state index contributed by atoms with van der Waals surface area (Å²) in [5.74, 6) is 1.37. The van der Waals surface area contributed by atoms with Crippen LogP contribution in [0.5, 0.6) is 0 Å². The van der Waals surface area contributed by atoms with Crippen molar-refractivity contribution >= 4 is 10.8 Å². The Kier molecular flexibility index (Phi) is 3.51. The molecule has 0 heteroatoms.